The average molecular weight is 278 g/mol. The summed E-state index contributed by atoms with van der Waals surface area (Å²) in [4.78, 5) is 4.64. The lowest BCUT2D eigenvalue weighted by molar-refractivity contribution is 0.487. The van der Waals surface area contributed by atoms with E-state index in [9.17, 15) is 0 Å². The van der Waals surface area contributed by atoms with Gasteiger partial charge in [-0.25, -0.2) is 4.98 Å². The lowest BCUT2D eigenvalue weighted by Gasteiger charge is -2.10. The number of ether oxygens (including phenoxy) is 1. The van der Waals surface area contributed by atoms with Crippen LogP contribution < -0.4 is 10.1 Å². The van der Waals surface area contributed by atoms with Crippen LogP contribution in [0.2, 0.25) is 0 Å². The summed E-state index contributed by atoms with van der Waals surface area (Å²) in [6, 6.07) is 18.1. The number of nitrogens with zero attached hydrogens (tertiary/aromatic N) is 1. The Hall–Kier alpha value is -2.55. The molecule has 3 aromatic rings. The van der Waals surface area contributed by atoms with Crippen molar-refractivity contribution in [3.8, 4) is 11.5 Å². The van der Waals surface area contributed by atoms with Gasteiger partial charge in [-0.15, -0.1) is 0 Å². The number of para-hydroxylation sites is 1. The number of hydrogen-bond acceptors (Lipinski definition) is 3. The second kappa shape index (κ2) is 5.83. The number of pyridine rings is 1. The molecule has 0 unspecified atom stereocenters. The smallest absolute Gasteiger partial charge is 0.153 e. The van der Waals surface area contributed by atoms with E-state index in [1.165, 1.54) is 5.56 Å². The van der Waals surface area contributed by atoms with Gasteiger partial charge >= 0.3 is 0 Å². The van der Waals surface area contributed by atoms with E-state index in [0.29, 0.717) is 0 Å². The molecule has 0 bridgehead atoms. The summed E-state index contributed by atoms with van der Waals surface area (Å²) in [6.07, 6.45) is 0. The Kier molecular flexibility index (Phi) is 3.73. The number of benzene rings is 2. The van der Waals surface area contributed by atoms with E-state index in [1.54, 1.807) is 0 Å². The van der Waals surface area contributed by atoms with Gasteiger partial charge in [0, 0.05) is 11.9 Å². The maximum absolute atomic E-state index is 5.99. The van der Waals surface area contributed by atoms with Crippen molar-refractivity contribution < 1.29 is 4.74 Å². The van der Waals surface area contributed by atoms with Crippen molar-refractivity contribution in [3.05, 3.63) is 60.2 Å². The molecule has 0 atom stereocenters. The molecule has 0 saturated carbocycles. The summed E-state index contributed by atoms with van der Waals surface area (Å²) in [6.45, 7) is 4.96. The molecular formula is C18H18N2O. The summed E-state index contributed by atoms with van der Waals surface area (Å²) in [5.74, 6) is 2.46. The highest BCUT2D eigenvalue weighted by atomic mass is 16.5. The SMILES string of the molecule is CCNc1ccc2cccc(Oc3ccc(C)cc3)c2n1. The van der Waals surface area contributed by atoms with Crippen LogP contribution in [-0.2, 0) is 0 Å². The van der Waals surface area contributed by atoms with Crippen LogP contribution >= 0.6 is 0 Å². The number of rotatable bonds is 4. The Balaban J connectivity index is 2.00. The molecule has 0 spiro atoms. The number of aromatic nitrogens is 1. The molecule has 21 heavy (non-hydrogen) atoms. The summed E-state index contributed by atoms with van der Waals surface area (Å²) in [7, 11) is 0. The van der Waals surface area contributed by atoms with Crippen LogP contribution in [0.15, 0.2) is 54.6 Å². The Morgan fingerprint density at radius 1 is 1.00 bits per heavy atom. The molecule has 1 heterocycles. The van der Waals surface area contributed by atoms with Crippen molar-refractivity contribution in [1.82, 2.24) is 4.98 Å². The van der Waals surface area contributed by atoms with Gasteiger partial charge in [-0.1, -0.05) is 29.8 Å². The first-order chi connectivity index (χ1) is 10.3. The lowest BCUT2D eigenvalue weighted by atomic mass is 10.2. The molecule has 0 aliphatic heterocycles. The third-order valence-electron chi connectivity index (χ3n) is 3.29. The van der Waals surface area contributed by atoms with Gasteiger partial charge < -0.3 is 10.1 Å². The zero-order valence-electron chi connectivity index (χ0n) is 12.3. The fourth-order valence-corrected chi connectivity index (χ4v) is 2.22. The van der Waals surface area contributed by atoms with E-state index < -0.39 is 0 Å². The highest BCUT2D eigenvalue weighted by molar-refractivity contribution is 5.86. The number of fused-ring (bicyclic) bond motifs is 1. The third-order valence-corrected chi connectivity index (χ3v) is 3.29. The maximum atomic E-state index is 5.99. The van der Waals surface area contributed by atoms with E-state index in [2.05, 4.69) is 30.2 Å². The Labute approximate surface area is 124 Å². The van der Waals surface area contributed by atoms with E-state index in [0.717, 1.165) is 34.8 Å². The van der Waals surface area contributed by atoms with Crippen LogP contribution in [0.4, 0.5) is 5.82 Å². The van der Waals surface area contributed by atoms with Crippen LogP contribution in [0.3, 0.4) is 0 Å². The maximum Gasteiger partial charge on any atom is 0.153 e. The predicted octanol–water partition coefficient (Wildman–Crippen LogP) is 4.77. The van der Waals surface area contributed by atoms with Crippen molar-refractivity contribution in [1.29, 1.82) is 0 Å². The number of nitrogens with one attached hydrogen (secondary N) is 1. The molecule has 0 fully saturated rings. The summed E-state index contributed by atoms with van der Waals surface area (Å²) >= 11 is 0. The van der Waals surface area contributed by atoms with Crippen LogP contribution in [0.1, 0.15) is 12.5 Å². The lowest BCUT2D eigenvalue weighted by Crippen LogP contribution is -1.99. The Morgan fingerprint density at radius 3 is 2.57 bits per heavy atom. The molecule has 2 aromatic carbocycles. The summed E-state index contributed by atoms with van der Waals surface area (Å²) in [5, 5.41) is 4.30. The highest BCUT2D eigenvalue weighted by Gasteiger charge is 2.06. The van der Waals surface area contributed by atoms with Crippen molar-refractivity contribution in [3.63, 3.8) is 0 Å². The van der Waals surface area contributed by atoms with Crippen molar-refractivity contribution >= 4 is 16.7 Å². The topological polar surface area (TPSA) is 34.1 Å². The monoisotopic (exact) mass is 278 g/mol. The molecule has 0 aliphatic carbocycles. The first-order valence-electron chi connectivity index (χ1n) is 7.14. The summed E-state index contributed by atoms with van der Waals surface area (Å²) in [5.41, 5.74) is 2.09. The van der Waals surface area contributed by atoms with Gasteiger partial charge in [0.25, 0.3) is 0 Å². The Bertz CT molecular complexity index is 751. The zero-order chi connectivity index (χ0) is 14.7. The predicted molar refractivity (Wildman–Crippen MR) is 87.2 cm³/mol. The van der Waals surface area contributed by atoms with Gasteiger partial charge in [0.05, 0.1) is 0 Å². The van der Waals surface area contributed by atoms with E-state index in [4.69, 9.17) is 4.74 Å². The van der Waals surface area contributed by atoms with Crippen LogP contribution in [-0.4, -0.2) is 11.5 Å². The van der Waals surface area contributed by atoms with E-state index in [-0.39, 0.29) is 0 Å². The fourth-order valence-electron chi connectivity index (χ4n) is 2.22. The standard InChI is InChI=1S/C18H18N2O/c1-3-19-17-12-9-14-5-4-6-16(18(14)20-17)21-15-10-7-13(2)8-11-15/h4-12H,3H2,1-2H3,(H,19,20). The van der Waals surface area contributed by atoms with Crippen LogP contribution in [0.5, 0.6) is 11.5 Å². The number of aryl methyl sites for hydroxylation is 1. The molecule has 0 aliphatic rings. The first kappa shape index (κ1) is 13.4. The van der Waals surface area contributed by atoms with E-state index >= 15 is 0 Å². The minimum Gasteiger partial charge on any atom is -0.455 e. The minimum absolute atomic E-state index is 0.774. The van der Waals surface area contributed by atoms with Crippen molar-refractivity contribution in [2.75, 3.05) is 11.9 Å². The van der Waals surface area contributed by atoms with Crippen LogP contribution in [0, 0.1) is 6.92 Å². The van der Waals surface area contributed by atoms with Gasteiger partial charge in [-0.05, 0) is 44.2 Å². The Morgan fingerprint density at radius 2 is 1.81 bits per heavy atom. The molecule has 106 valence electrons. The average Bonchev–Trinajstić information content (AvgIpc) is 2.50. The largest absolute Gasteiger partial charge is 0.455 e. The molecule has 1 aromatic heterocycles. The molecule has 3 rings (SSSR count). The second-order valence-electron chi connectivity index (χ2n) is 4.97. The zero-order valence-corrected chi connectivity index (χ0v) is 12.3. The molecule has 0 saturated heterocycles. The van der Waals surface area contributed by atoms with Crippen molar-refractivity contribution in [2.45, 2.75) is 13.8 Å². The minimum atomic E-state index is 0.774. The quantitative estimate of drug-likeness (QED) is 0.746. The van der Waals surface area contributed by atoms with Gasteiger partial charge in [0.2, 0.25) is 0 Å². The van der Waals surface area contributed by atoms with Crippen LogP contribution in [0.25, 0.3) is 10.9 Å². The van der Waals surface area contributed by atoms with Crippen molar-refractivity contribution in [2.24, 2.45) is 0 Å². The van der Waals surface area contributed by atoms with E-state index in [1.807, 2.05) is 48.5 Å². The molecule has 3 heteroatoms. The van der Waals surface area contributed by atoms with Gasteiger partial charge in [-0.2, -0.15) is 0 Å². The molecule has 3 nitrogen and oxygen atoms in total. The highest BCUT2D eigenvalue weighted by Crippen LogP contribution is 2.29. The fraction of sp³-hybridized carbons (Fsp3) is 0.167. The second-order valence-corrected chi connectivity index (χ2v) is 4.97. The van der Waals surface area contributed by atoms with Gasteiger partial charge in [0.15, 0.2) is 5.75 Å². The van der Waals surface area contributed by atoms with Gasteiger partial charge in [-0.3, -0.25) is 0 Å². The summed E-state index contributed by atoms with van der Waals surface area (Å²) < 4.78 is 5.99. The normalized spacial score (nSPS) is 10.6. The number of hydrogen-bond donors (Lipinski definition) is 1. The molecule has 0 radical (unpaired) electrons. The third kappa shape index (κ3) is 2.97. The molecule has 1 N–H and O–H groups in total. The molecule has 0 amide bonds. The number of anilines is 1. The van der Waals surface area contributed by atoms with Gasteiger partial charge in [0.1, 0.15) is 17.1 Å². The molecular weight excluding hydrogens is 260 g/mol. The first-order valence-corrected chi connectivity index (χ1v) is 7.14.